The van der Waals surface area contributed by atoms with Crippen molar-refractivity contribution in [1.82, 2.24) is 35.4 Å². The molecule has 0 spiro atoms. The first-order valence-electron chi connectivity index (χ1n) is 8.17. The van der Waals surface area contributed by atoms with Gasteiger partial charge in [0.2, 0.25) is 0 Å². The molecular weight excluding hydrogens is 353 g/mol. The van der Waals surface area contributed by atoms with Gasteiger partial charge in [0, 0.05) is 13.1 Å². The summed E-state index contributed by atoms with van der Waals surface area (Å²) in [6.07, 6.45) is -0.977. The maximum atomic E-state index is 13.1. The molecule has 0 aliphatic carbocycles. The highest BCUT2D eigenvalue weighted by Crippen LogP contribution is 2.34. The highest BCUT2D eigenvalue weighted by molar-refractivity contribution is 5.89. The number of aromatic nitrogens is 5. The normalized spacial score (nSPS) is 17.5. The average Bonchev–Trinajstić information content (AvgIpc) is 3.31. The molecule has 1 unspecified atom stereocenters. The van der Waals surface area contributed by atoms with Crippen LogP contribution >= 0.6 is 0 Å². The second-order valence-electron chi connectivity index (χ2n) is 5.86. The molecule has 9 nitrogen and oxygen atoms in total. The number of anilines is 1. The Bertz CT molecular complexity index is 763. The van der Waals surface area contributed by atoms with Gasteiger partial charge in [-0.15, -0.1) is 5.10 Å². The van der Waals surface area contributed by atoms with Crippen LogP contribution in [0.2, 0.25) is 0 Å². The number of halogens is 3. The van der Waals surface area contributed by atoms with E-state index in [1.165, 1.54) is 6.92 Å². The minimum Gasteiger partial charge on any atom is -0.332 e. The van der Waals surface area contributed by atoms with Crippen LogP contribution in [0.15, 0.2) is 12.4 Å². The van der Waals surface area contributed by atoms with Gasteiger partial charge in [-0.25, -0.2) is 9.48 Å². The summed E-state index contributed by atoms with van der Waals surface area (Å²) in [5.41, 5.74) is -0.861. The van der Waals surface area contributed by atoms with E-state index in [0.717, 1.165) is 30.4 Å². The first-order chi connectivity index (χ1) is 12.4. The number of hydrogen-bond donors (Lipinski definition) is 3. The molecule has 1 aliphatic heterocycles. The summed E-state index contributed by atoms with van der Waals surface area (Å²) >= 11 is 0. The van der Waals surface area contributed by atoms with E-state index in [1.54, 1.807) is 10.9 Å². The molecule has 0 bridgehead atoms. The first-order valence-corrected chi connectivity index (χ1v) is 8.17. The van der Waals surface area contributed by atoms with Gasteiger partial charge < -0.3 is 16.0 Å². The number of urea groups is 1. The number of carbonyl (C=O) groups is 1. The molecular formula is C14H19F3N8O. The number of aryl methyl sites for hydroxylation is 1. The highest BCUT2D eigenvalue weighted by atomic mass is 19.4. The smallest absolute Gasteiger partial charge is 0.332 e. The van der Waals surface area contributed by atoms with Crippen molar-refractivity contribution < 1.29 is 18.0 Å². The zero-order chi connectivity index (χ0) is 18.7. The maximum Gasteiger partial charge on any atom is 0.435 e. The van der Waals surface area contributed by atoms with Gasteiger partial charge in [-0.3, -0.25) is 4.68 Å². The molecule has 26 heavy (non-hydrogen) atoms. The van der Waals surface area contributed by atoms with E-state index in [1.807, 2.05) is 0 Å². The predicted octanol–water partition coefficient (Wildman–Crippen LogP) is 1.37. The minimum absolute atomic E-state index is 0.0390. The van der Waals surface area contributed by atoms with Crippen LogP contribution in [0, 0.1) is 0 Å². The SMILES string of the molecule is CCn1ncc(NC(=O)NCc2cn(C3CCNC3)nn2)c1C(F)(F)F. The summed E-state index contributed by atoms with van der Waals surface area (Å²) in [6, 6.07) is -0.553. The lowest BCUT2D eigenvalue weighted by Gasteiger charge is -2.12. The molecule has 3 rings (SSSR count). The summed E-state index contributed by atoms with van der Waals surface area (Å²) in [5, 5.41) is 19.5. The Balaban J connectivity index is 1.59. The molecule has 0 radical (unpaired) electrons. The van der Waals surface area contributed by atoms with Crippen molar-refractivity contribution in [3.05, 3.63) is 23.8 Å². The van der Waals surface area contributed by atoms with Crippen LogP contribution in [-0.4, -0.2) is 43.9 Å². The molecule has 0 aromatic carbocycles. The molecule has 1 aliphatic rings. The van der Waals surface area contributed by atoms with E-state index in [-0.39, 0.29) is 19.1 Å². The molecule has 3 heterocycles. The molecule has 0 saturated carbocycles. The Hall–Kier alpha value is -2.63. The van der Waals surface area contributed by atoms with Crippen LogP contribution < -0.4 is 16.0 Å². The fourth-order valence-corrected chi connectivity index (χ4v) is 2.79. The Morgan fingerprint density at radius 3 is 2.92 bits per heavy atom. The van der Waals surface area contributed by atoms with Crippen molar-refractivity contribution >= 4 is 11.7 Å². The molecule has 3 N–H and O–H groups in total. The third-order valence-corrected chi connectivity index (χ3v) is 4.05. The van der Waals surface area contributed by atoms with Gasteiger partial charge in [0.05, 0.1) is 30.7 Å². The molecule has 2 aromatic rings. The van der Waals surface area contributed by atoms with Crippen LogP contribution in [0.1, 0.15) is 30.8 Å². The fourth-order valence-electron chi connectivity index (χ4n) is 2.79. The van der Waals surface area contributed by atoms with E-state index < -0.39 is 23.6 Å². The highest BCUT2D eigenvalue weighted by Gasteiger charge is 2.38. The second kappa shape index (κ2) is 7.32. The molecule has 2 aromatic heterocycles. The maximum absolute atomic E-state index is 13.1. The predicted molar refractivity (Wildman–Crippen MR) is 85.3 cm³/mol. The lowest BCUT2D eigenvalue weighted by atomic mass is 10.3. The van der Waals surface area contributed by atoms with Gasteiger partial charge in [0.1, 0.15) is 5.69 Å². The third-order valence-electron chi connectivity index (χ3n) is 4.05. The van der Waals surface area contributed by atoms with Crippen molar-refractivity contribution in [2.24, 2.45) is 0 Å². The van der Waals surface area contributed by atoms with Gasteiger partial charge in [0.25, 0.3) is 0 Å². The monoisotopic (exact) mass is 372 g/mol. The van der Waals surface area contributed by atoms with E-state index in [4.69, 9.17) is 0 Å². The zero-order valence-electron chi connectivity index (χ0n) is 14.0. The molecule has 142 valence electrons. The van der Waals surface area contributed by atoms with E-state index in [9.17, 15) is 18.0 Å². The number of carbonyl (C=O) groups excluding carboxylic acids is 1. The summed E-state index contributed by atoms with van der Waals surface area (Å²) in [5.74, 6) is 0. The van der Waals surface area contributed by atoms with E-state index >= 15 is 0 Å². The summed E-state index contributed by atoms with van der Waals surface area (Å²) in [4.78, 5) is 11.9. The lowest BCUT2D eigenvalue weighted by molar-refractivity contribution is -0.143. The van der Waals surface area contributed by atoms with Crippen LogP contribution in [0.4, 0.5) is 23.7 Å². The van der Waals surface area contributed by atoms with Crippen LogP contribution in [0.3, 0.4) is 0 Å². The Morgan fingerprint density at radius 2 is 2.27 bits per heavy atom. The number of hydrogen-bond acceptors (Lipinski definition) is 5. The van der Waals surface area contributed by atoms with Gasteiger partial charge >= 0.3 is 12.2 Å². The largest absolute Gasteiger partial charge is 0.435 e. The summed E-state index contributed by atoms with van der Waals surface area (Å²) in [6.45, 7) is 3.34. The molecule has 12 heteroatoms. The standard InChI is InChI=1S/C14H19F3N8O/c1-2-24-12(14(15,16)17)11(7-20-24)21-13(26)19-5-9-8-25(23-22-9)10-3-4-18-6-10/h7-8,10,18H,2-6H2,1H3,(H2,19,21,26). The quantitative estimate of drug-likeness (QED) is 0.736. The second-order valence-corrected chi connectivity index (χ2v) is 5.86. The molecule has 2 amide bonds. The van der Waals surface area contributed by atoms with Crippen molar-refractivity contribution in [1.29, 1.82) is 0 Å². The minimum atomic E-state index is -4.62. The topological polar surface area (TPSA) is 102 Å². The number of rotatable bonds is 5. The van der Waals surface area contributed by atoms with Crippen molar-refractivity contribution in [3.63, 3.8) is 0 Å². The van der Waals surface area contributed by atoms with Gasteiger partial charge in [-0.05, 0) is 19.9 Å². The third kappa shape index (κ3) is 3.95. The Morgan fingerprint density at radius 1 is 1.46 bits per heavy atom. The first kappa shape index (κ1) is 18.2. The van der Waals surface area contributed by atoms with Gasteiger partial charge in [0.15, 0.2) is 5.69 Å². The van der Waals surface area contributed by atoms with E-state index in [2.05, 4.69) is 31.4 Å². The molecule has 1 saturated heterocycles. The van der Waals surface area contributed by atoms with E-state index in [0.29, 0.717) is 5.69 Å². The number of nitrogens with zero attached hydrogens (tertiary/aromatic N) is 5. The van der Waals surface area contributed by atoms with Crippen molar-refractivity contribution in [2.45, 2.75) is 38.7 Å². The van der Waals surface area contributed by atoms with Gasteiger partial charge in [-0.2, -0.15) is 18.3 Å². The fraction of sp³-hybridized carbons (Fsp3) is 0.571. The van der Waals surface area contributed by atoms with Crippen LogP contribution in [0.25, 0.3) is 0 Å². The Kier molecular flexibility index (Phi) is 5.11. The van der Waals surface area contributed by atoms with Gasteiger partial charge in [-0.1, -0.05) is 5.21 Å². The average molecular weight is 372 g/mol. The lowest BCUT2D eigenvalue weighted by Crippen LogP contribution is -2.29. The summed E-state index contributed by atoms with van der Waals surface area (Å²) in [7, 11) is 0. The molecule has 1 atom stereocenters. The number of amides is 2. The van der Waals surface area contributed by atoms with Crippen molar-refractivity contribution in [3.8, 4) is 0 Å². The van der Waals surface area contributed by atoms with Crippen LogP contribution in [0.5, 0.6) is 0 Å². The van der Waals surface area contributed by atoms with Crippen LogP contribution in [-0.2, 0) is 19.3 Å². The van der Waals surface area contributed by atoms with Crippen molar-refractivity contribution in [2.75, 3.05) is 18.4 Å². The molecule has 1 fully saturated rings. The number of nitrogens with one attached hydrogen (secondary N) is 3. The number of alkyl halides is 3. The zero-order valence-corrected chi connectivity index (χ0v) is 14.0. The summed E-state index contributed by atoms with van der Waals surface area (Å²) < 4.78 is 41.9. The Labute approximate surface area is 146 Å².